The maximum Gasteiger partial charge on any atom is 0.289 e. The molecule has 0 radical (unpaired) electrons. The molecule has 0 spiro atoms. The van der Waals surface area contributed by atoms with Crippen LogP contribution in [0, 0.1) is 6.92 Å². The molecule has 0 bridgehead atoms. The van der Waals surface area contributed by atoms with Crippen LogP contribution in [0.25, 0.3) is 11.3 Å². The van der Waals surface area contributed by atoms with Gasteiger partial charge in [-0.3, -0.25) is 9.59 Å². The van der Waals surface area contributed by atoms with Crippen molar-refractivity contribution in [2.75, 3.05) is 6.54 Å². The highest BCUT2D eigenvalue weighted by Gasteiger charge is 2.16. The molecule has 0 fully saturated rings. The first-order chi connectivity index (χ1) is 12.6. The number of hydrogen-bond acceptors (Lipinski definition) is 5. The number of carbonyl (C=O) groups excluding carboxylic acids is 1. The highest BCUT2D eigenvalue weighted by Crippen LogP contribution is 2.14. The molecule has 7 heteroatoms. The third-order valence-electron chi connectivity index (χ3n) is 3.89. The molecule has 3 rings (SSSR count). The molecule has 0 aliphatic rings. The van der Waals surface area contributed by atoms with Crippen LogP contribution < -0.4 is 10.9 Å². The van der Waals surface area contributed by atoms with Crippen LogP contribution in [0.15, 0.2) is 51.7 Å². The second-order valence-corrected chi connectivity index (χ2v) is 5.78. The van der Waals surface area contributed by atoms with Gasteiger partial charge in [-0.15, -0.1) is 0 Å². The number of amides is 1. The lowest BCUT2D eigenvalue weighted by atomic mass is 10.1. The van der Waals surface area contributed by atoms with Crippen molar-refractivity contribution in [3.63, 3.8) is 0 Å². The molecule has 134 valence electrons. The quantitative estimate of drug-likeness (QED) is 0.734. The molecule has 0 saturated heterocycles. The van der Waals surface area contributed by atoms with E-state index >= 15 is 0 Å². The standard InChI is InChI=1S/C19H20N4O3/c1-3-16-21-13(2)18(26-16)19(25)20-11-12-23-17(24)10-9-15(22-23)14-7-5-4-6-8-14/h4-10H,3,11-12H2,1-2H3,(H,20,25). The van der Waals surface area contributed by atoms with Crippen LogP contribution >= 0.6 is 0 Å². The Morgan fingerprint density at radius 3 is 2.65 bits per heavy atom. The minimum atomic E-state index is -0.345. The van der Waals surface area contributed by atoms with E-state index in [1.54, 1.807) is 13.0 Å². The van der Waals surface area contributed by atoms with Crippen LogP contribution in [0.4, 0.5) is 0 Å². The third kappa shape index (κ3) is 3.88. The van der Waals surface area contributed by atoms with Crippen LogP contribution in [0.2, 0.25) is 0 Å². The molecule has 1 amide bonds. The van der Waals surface area contributed by atoms with Gasteiger partial charge >= 0.3 is 0 Å². The Labute approximate surface area is 150 Å². The molecule has 3 aromatic rings. The topological polar surface area (TPSA) is 90.0 Å². The number of aromatic nitrogens is 3. The maximum absolute atomic E-state index is 12.2. The number of nitrogens with zero attached hydrogens (tertiary/aromatic N) is 3. The summed E-state index contributed by atoms with van der Waals surface area (Å²) in [5.41, 5.74) is 1.97. The van der Waals surface area contributed by atoms with E-state index in [0.29, 0.717) is 23.7 Å². The SMILES string of the molecule is CCc1nc(C)c(C(=O)NCCn2nc(-c3ccccc3)ccc2=O)o1. The van der Waals surface area contributed by atoms with E-state index in [-0.39, 0.29) is 30.3 Å². The molecular weight excluding hydrogens is 332 g/mol. The van der Waals surface area contributed by atoms with E-state index in [2.05, 4.69) is 15.4 Å². The van der Waals surface area contributed by atoms with Crippen LogP contribution in [0.1, 0.15) is 29.1 Å². The summed E-state index contributed by atoms with van der Waals surface area (Å²) < 4.78 is 6.76. The van der Waals surface area contributed by atoms with Gasteiger partial charge in [-0.25, -0.2) is 9.67 Å². The summed E-state index contributed by atoms with van der Waals surface area (Å²) in [6.07, 6.45) is 0.625. The number of oxazole rings is 1. The first-order valence-electron chi connectivity index (χ1n) is 8.46. The fourth-order valence-electron chi connectivity index (χ4n) is 2.54. The molecule has 0 unspecified atom stereocenters. The van der Waals surface area contributed by atoms with Gasteiger partial charge in [0.15, 0.2) is 5.89 Å². The number of aryl methyl sites for hydroxylation is 2. The van der Waals surface area contributed by atoms with Gasteiger partial charge in [0.2, 0.25) is 5.76 Å². The van der Waals surface area contributed by atoms with Crippen LogP contribution in [-0.2, 0) is 13.0 Å². The highest BCUT2D eigenvalue weighted by atomic mass is 16.4. The van der Waals surface area contributed by atoms with Crippen molar-refractivity contribution in [3.8, 4) is 11.3 Å². The van der Waals surface area contributed by atoms with Gasteiger partial charge in [0.25, 0.3) is 11.5 Å². The summed E-state index contributed by atoms with van der Waals surface area (Å²) in [7, 11) is 0. The molecule has 0 aliphatic carbocycles. The summed E-state index contributed by atoms with van der Waals surface area (Å²) >= 11 is 0. The molecule has 1 aromatic carbocycles. The minimum Gasteiger partial charge on any atom is -0.435 e. The molecule has 0 atom stereocenters. The summed E-state index contributed by atoms with van der Waals surface area (Å²) in [4.78, 5) is 28.4. The Kier molecular flexibility index (Phi) is 5.26. The van der Waals surface area contributed by atoms with Crippen molar-refractivity contribution >= 4 is 5.91 Å². The fraction of sp³-hybridized carbons (Fsp3) is 0.263. The molecule has 2 heterocycles. The number of carbonyl (C=O) groups is 1. The molecular formula is C19H20N4O3. The van der Waals surface area contributed by atoms with Gasteiger partial charge < -0.3 is 9.73 Å². The Morgan fingerprint density at radius 2 is 1.96 bits per heavy atom. The predicted molar refractivity (Wildman–Crippen MR) is 96.9 cm³/mol. The first-order valence-corrected chi connectivity index (χ1v) is 8.46. The second-order valence-electron chi connectivity index (χ2n) is 5.78. The van der Waals surface area contributed by atoms with Gasteiger partial charge in [-0.2, -0.15) is 5.10 Å². The summed E-state index contributed by atoms with van der Waals surface area (Å²) in [6, 6.07) is 12.8. The largest absolute Gasteiger partial charge is 0.435 e. The fourth-order valence-corrected chi connectivity index (χ4v) is 2.54. The zero-order valence-corrected chi connectivity index (χ0v) is 14.7. The lowest BCUT2D eigenvalue weighted by Crippen LogP contribution is -2.32. The van der Waals surface area contributed by atoms with E-state index in [4.69, 9.17) is 4.42 Å². The maximum atomic E-state index is 12.2. The van der Waals surface area contributed by atoms with E-state index in [9.17, 15) is 9.59 Å². The van der Waals surface area contributed by atoms with Crippen molar-refractivity contribution in [1.29, 1.82) is 0 Å². The number of rotatable bonds is 6. The zero-order valence-electron chi connectivity index (χ0n) is 14.7. The van der Waals surface area contributed by atoms with Crippen LogP contribution in [0.5, 0.6) is 0 Å². The second kappa shape index (κ2) is 7.77. The predicted octanol–water partition coefficient (Wildman–Crippen LogP) is 2.20. The zero-order chi connectivity index (χ0) is 18.5. The molecule has 7 nitrogen and oxygen atoms in total. The van der Waals surface area contributed by atoms with Gasteiger partial charge in [0, 0.05) is 24.6 Å². The molecule has 26 heavy (non-hydrogen) atoms. The Balaban J connectivity index is 1.67. The summed E-state index contributed by atoms with van der Waals surface area (Å²) in [5.74, 6) is 0.392. The molecule has 2 aromatic heterocycles. The normalized spacial score (nSPS) is 10.7. The first kappa shape index (κ1) is 17.6. The Bertz CT molecular complexity index is 960. The van der Waals surface area contributed by atoms with Gasteiger partial charge in [0.05, 0.1) is 17.9 Å². The third-order valence-corrected chi connectivity index (χ3v) is 3.89. The number of nitrogens with one attached hydrogen (secondary N) is 1. The van der Waals surface area contributed by atoms with Crippen molar-refractivity contribution < 1.29 is 9.21 Å². The number of benzene rings is 1. The monoisotopic (exact) mass is 352 g/mol. The average molecular weight is 352 g/mol. The van der Waals surface area contributed by atoms with Crippen molar-refractivity contribution in [2.45, 2.75) is 26.8 Å². The summed E-state index contributed by atoms with van der Waals surface area (Å²) in [6.45, 7) is 4.16. The smallest absolute Gasteiger partial charge is 0.289 e. The Morgan fingerprint density at radius 1 is 1.19 bits per heavy atom. The van der Waals surface area contributed by atoms with Crippen molar-refractivity contribution in [3.05, 3.63) is 70.2 Å². The summed E-state index contributed by atoms with van der Waals surface area (Å²) in [5, 5.41) is 7.10. The van der Waals surface area contributed by atoms with E-state index in [1.165, 1.54) is 10.7 Å². The van der Waals surface area contributed by atoms with Crippen molar-refractivity contribution in [2.24, 2.45) is 0 Å². The van der Waals surface area contributed by atoms with E-state index < -0.39 is 0 Å². The lowest BCUT2D eigenvalue weighted by molar-refractivity contribution is 0.0921. The van der Waals surface area contributed by atoms with Crippen molar-refractivity contribution in [1.82, 2.24) is 20.1 Å². The molecule has 0 aliphatic heterocycles. The van der Waals surface area contributed by atoms with Gasteiger partial charge in [0.1, 0.15) is 0 Å². The van der Waals surface area contributed by atoms with E-state index in [1.807, 2.05) is 37.3 Å². The van der Waals surface area contributed by atoms with Gasteiger partial charge in [-0.1, -0.05) is 37.3 Å². The average Bonchev–Trinajstić information content (AvgIpc) is 3.05. The van der Waals surface area contributed by atoms with Crippen LogP contribution in [0.3, 0.4) is 0 Å². The minimum absolute atomic E-state index is 0.209. The number of hydrogen-bond donors (Lipinski definition) is 1. The molecule has 1 N–H and O–H groups in total. The molecule has 0 saturated carbocycles. The van der Waals surface area contributed by atoms with Gasteiger partial charge in [-0.05, 0) is 13.0 Å². The Hall–Kier alpha value is -3.22. The highest BCUT2D eigenvalue weighted by molar-refractivity contribution is 5.92. The van der Waals surface area contributed by atoms with E-state index in [0.717, 1.165) is 5.56 Å². The van der Waals surface area contributed by atoms with Crippen LogP contribution in [-0.4, -0.2) is 27.2 Å². The lowest BCUT2D eigenvalue weighted by Gasteiger charge is -2.08.